The zero-order valence-corrected chi connectivity index (χ0v) is 22.9. The molecule has 1 aromatic heterocycles. The van der Waals surface area contributed by atoms with Crippen molar-refractivity contribution in [3.8, 4) is 11.5 Å². The molecule has 3 aromatic rings. The van der Waals surface area contributed by atoms with Crippen molar-refractivity contribution in [2.75, 3.05) is 45.3 Å². The van der Waals surface area contributed by atoms with Gasteiger partial charge in [-0.3, -0.25) is 9.69 Å². The predicted octanol–water partition coefficient (Wildman–Crippen LogP) is 5.58. The molecule has 0 radical (unpaired) electrons. The first-order valence-corrected chi connectivity index (χ1v) is 12.2. The Balaban J connectivity index is 0.00000408. The van der Waals surface area contributed by atoms with Crippen LogP contribution in [0.15, 0.2) is 24.3 Å². The van der Waals surface area contributed by atoms with E-state index in [1.165, 1.54) is 16.9 Å². The Kier molecular flexibility index (Phi) is 10.2. The fourth-order valence-electron chi connectivity index (χ4n) is 4.23. The van der Waals surface area contributed by atoms with Gasteiger partial charge in [0, 0.05) is 13.1 Å². The fourth-order valence-corrected chi connectivity index (χ4v) is 5.35. The topological polar surface area (TPSA) is 54.9 Å². The zero-order valence-electron chi connectivity index (χ0n) is 21.2. The number of nitrogens with zero attached hydrogens (tertiary/aromatic N) is 3. The van der Waals surface area contributed by atoms with Gasteiger partial charge >= 0.3 is 0 Å². The maximum Gasteiger partial charge on any atom is 0.233 e. The summed E-state index contributed by atoms with van der Waals surface area (Å²) in [4.78, 5) is 22.7. The molecule has 34 heavy (non-hydrogen) atoms. The van der Waals surface area contributed by atoms with E-state index in [0.717, 1.165) is 52.3 Å². The summed E-state index contributed by atoms with van der Waals surface area (Å²) in [5.74, 6) is 1.46. The minimum absolute atomic E-state index is 0. The standard InChI is InChI=1S/C26H35N3O3S.ClH/c1-8-28(9-2)12-13-29(23(30)16-20-18(4)14-17(3)15-19(20)5)26-27-24-21(31-6)10-11-22(32-7)25(24)33-26;/h10-11,14-15H,8-9,12-13,16H2,1-7H3;1H. The summed E-state index contributed by atoms with van der Waals surface area (Å²) in [5, 5.41) is 0.673. The molecule has 2 aromatic carbocycles. The summed E-state index contributed by atoms with van der Waals surface area (Å²) < 4.78 is 12.0. The number of hydrogen-bond acceptors (Lipinski definition) is 6. The number of fused-ring (bicyclic) bond motifs is 1. The lowest BCUT2D eigenvalue weighted by molar-refractivity contribution is -0.118. The van der Waals surface area contributed by atoms with Crippen LogP contribution >= 0.6 is 23.7 Å². The maximum atomic E-state index is 13.7. The molecular weight excluding hydrogens is 470 g/mol. The number of methoxy groups -OCH3 is 2. The smallest absolute Gasteiger partial charge is 0.233 e. The molecule has 0 aliphatic carbocycles. The molecule has 0 aliphatic heterocycles. The van der Waals surface area contributed by atoms with Crippen LogP contribution in [0.4, 0.5) is 5.13 Å². The Morgan fingerprint density at radius 2 is 1.56 bits per heavy atom. The van der Waals surface area contributed by atoms with Crippen molar-refractivity contribution >= 4 is 45.0 Å². The molecule has 0 spiro atoms. The first-order valence-electron chi connectivity index (χ1n) is 11.4. The van der Waals surface area contributed by atoms with E-state index in [9.17, 15) is 4.79 Å². The normalized spacial score (nSPS) is 10.9. The van der Waals surface area contributed by atoms with E-state index in [4.69, 9.17) is 14.5 Å². The number of carbonyl (C=O) groups excluding carboxylic acids is 1. The number of anilines is 1. The minimum atomic E-state index is 0. The number of ether oxygens (including phenoxy) is 2. The Morgan fingerprint density at radius 3 is 2.12 bits per heavy atom. The number of halogens is 1. The van der Waals surface area contributed by atoms with Crippen LogP contribution < -0.4 is 14.4 Å². The van der Waals surface area contributed by atoms with E-state index < -0.39 is 0 Å². The molecule has 1 heterocycles. The Labute approximate surface area is 213 Å². The molecule has 8 heteroatoms. The first-order chi connectivity index (χ1) is 15.8. The molecule has 0 bridgehead atoms. The third kappa shape index (κ3) is 6.01. The van der Waals surface area contributed by atoms with Crippen LogP contribution in [0, 0.1) is 20.8 Å². The Bertz CT molecular complexity index is 1060. The van der Waals surface area contributed by atoms with Gasteiger partial charge in [-0.25, -0.2) is 4.98 Å². The average Bonchev–Trinajstić information content (AvgIpc) is 3.23. The molecule has 0 atom stereocenters. The van der Waals surface area contributed by atoms with Crippen LogP contribution in [0.25, 0.3) is 10.2 Å². The number of thiazole rings is 1. The lowest BCUT2D eigenvalue weighted by Crippen LogP contribution is -2.39. The second-order valence-corrected chi connectivity index (χ2v) is 9.25. The molecule has 0 saturated carbocycles. The van der Waals surface area contributed by atoms with E-state index in [2.05, 4.69) is 51.7 Å². The van der Waals surface area contributed by atoms with Gasteiger partial charge in [-0.1, -0.05) is 42.9 Å². The quantitative estimate of drug-likeness (QED) is 0.360. The third-order valence-corrected chi connectivity index (χ3v) is 7.23. The molecule has 186 valence electrons. The van der Waals surface area contributed by atoms with Crippen molar-refractivity contribution in [1.29, 1.82) is 0 Å². The van der Waals surface area contributed by atoms with E-state index in [1.54, 1.807) is 14.2 Å². The highest BCUT2D eigenvalue weighted by Crippen LogP contribution is 2.40. The lowest BCUT2D eigenvalue weighted by atomic mass is 9.97. The highest BCUT2D eigenvalue weighted by atomic mass is 35.5. The number of benzene rings is 2. The summed E-state index contributed by atoms with van der Waals surface area (Å²) in [6.45, 7) is 13.8. The minimum Gasteiger partial charge on any atom is -0.495 e. The van der Waals surface area contributed by atoms with Crippen LogP contribution in [-0.4, -0.2) is 56.2 Å². The number of carbonyl (C=O) groups is 1. The lowest BCUT2D eigenvalue weighted by Gasteiger charge is -2.25. The monoisotopic (exact) mass is 505 g/mol. The number of hydrogen-bond donors (Lipinski definition) is 0. The van der Waals surface area contributed by atoms with Gasteiger partial charge in [0.1, 0.15) is 21.7 Å². The molecule has 1 amide bonds. The van der Waals surface area contributed by atoms with Crippen molar-refractivity contribution in [1.82, 2.24) is 9.88 Å². The van der Waals surface area contributed by atoms with Crippen LogP contribution in [0.5, 0.6) is 11.5 Å². The summed E-state index contributed by atoms with van der Waals surface area (Å²) in [6.07, 6.45) is 0.348. The molecule has 0 aliphatic rings. The Morgan fingerprint density at radius 1 is 0.971 bits per heavy atom. The van der Waals surface area contributed by atoms with Gasteiger partial charge in [-0.15, -0.1) is 12.4 Å². The molecule has 0 fully saturated rings. The van der Waals surface area contributed by atoms with Gasteiger partial charge in [0.25, 0.3) is 0 Å². The number of rotatable bonds is 10. The van der Waals surface area contributed by atoms with Crippen LogP contribution in [0.2, 0.25) is 0 Å². The van der Waals surface area contributed by atoms with Gasteiger partial charge in [0.2, 0.25) is 5.91 Å². The maximum absolute atomic E-state index is 13.7. The molecular formula is C26H36ClN3O3S. The number of amides is 1. The van der Waals surface area contributed by atoms with Gasteiger partial charge in [0.15, 0.2) is 5.13 Å². The third-order valence-electron chi connectivity index (χ3n) is 6.13. The molecule has 0 saturated heterocycles. The van der Waals surface area contributed by atoms with Gasteiger partial charge in [-0.05, 0) is 62.7 Å². The van der Waals surface area contributed by atoms with Gasteiger partial charge in [0.05, 0.1) is 20.6 Å². The molecule has 0 N–H and O–H groups in total. The van der Waals surface area contributed by atoms with E-state index in [1.807, 2.05) is 17.0 Å². The second-order valence-electron chi connectivity index (χ2n) is 8.27. The fraction of sp³-hybridized carbons (Fsp3) is 0.462. The second kappa shape index (κ2) is 12.4. The summed E-state index contributed by atoms with van der Waals surface area (Å²) in [6, 6.07) is 8.02. The van der Waals surface area contributed by atoms with Crippen molar-refractivity contribution < 1.29 is 14.3 Å². The van der Waals surface area contributed by atoms with Crippen molar-refractivity contribution in [3.05, 3.63) is 46.5 Å². The number of aryl methyl sites for hydroxylation is 3. The first kappa shape index (κ1) is 27.9. The van der Waals surface area contributed by atoms with Gasteiger partial charge in [-0.2, -0.15) is 0 Å². The summed E-state index contributed by atoms with van der Waals surface area (Å²) in [7, 11) is 3.28. The van der Waals surface area contributed by atoms with E-state index >= 15 is 0 Å². The van der Waals surface area contributed by atoms with Crippen LogP contribution in [0.1, 0.15) is 36.1 Å². The highest BCUT2D eigenvalue weighted by Gasteiger charge is 2.24. The van der Waals surface area contributed by atoms with E-state index in [-0.39, 0.29) is 18.3 Å². The predicted molar refractivity (Wildman–Crippen MR) is 144 cm³/mol. The largest absolute Gasteiger partial charge is 0.495 e. The molecule has 3 rings (SSSR count). The van der Waals surface area contributed by atoms with Gasteiger partial charge < -0.3 is 14.4 Å². The van der Waals surface area contributed by atoms with Crippen molar-refractivity contribution in [2.24, 2.45) is 0 Å². The van der Waals surface area contributed by atoms with Crippen LogP contribution in [0.3, 0.4) is 0 Å². The van der Waals surface area contributed by atoms with Crippen LogP contribution in [-0.2, 0) is 11.2 Å². The average molecular weight is 506 g/mol. The van der Waals surface area contributed by atoms with Crippen molar-refractivity contribution in [3.63, 3.8) is 0 Å². The Hall–Kier alpha value is -2.35. The van der Waals surface area contributed by atoms with Crippen molar-refractivity contribution in [2.45, 2.75) is 41.0 Å². The number of likely N-dealkylation sites (N-methyl/N-ethyl adjacent to an activating group) is 1. The summed E-state index contributed by atoms with van der Waals surface area (Å²) >= 11 is 1.47. The summed E-state index contributed by atoms with van der Waals surface area (Å²) in [5.41, 5.74) is 5.33. The zero-order chi connectivity index (χ0) is 24.1. The SMILES string of the molecule is CCN(CC)CCN(C(=O)Cc1c(C)cc(C)cc1C)c1nc2c(OC)ccc(OC)c2s1.Cl. The number of aromatic nitrogens is 1. The molecule has 0 unspecified atom stereocenters. The highest BCUT2D eigenvalue weighted by molar-refractivity contribution is 7.22. The molecule has 6 nitrogen and oxygen atoms in total. The van der Waals surface area contributed by atoms with E-state index in [0.29, 0.717) is 23.8 Å².